The van der Waals surface area contributed by atoms with Crippen molar-refractivity contribution in [2.45, 2.75) is 32.9 Å². The minimum atomic E-state index is -0.465. The molecule has 1 amide bonds. The molecule has 2 aromatic carbocycles. The zero-order valence-electron chi connectivity index (χ0n) is 13.6. The number of nitrogens with zero attached hydrogens (tertiary/aromatic N) is 1. The van der Waals surface area contributed by atoms with E-state index in [1.165, 1.54) is 6.07 Å². The Hall–Kier alpha value is -2.82. The summed E-state index contributed by atoms with van der Waals surface area (Å²) in [6.45, 7) is 4.62. The number of aldehydes is 1. The van der Waals surface area contributed by atoms with E-state index in [0.29, 0.717) is 24.9 Å². The van der Waals surface area contributed by atoms with Gasteiger partial charge in [-0.25, -0.2) is 0 Å². The molecule has 3 rings (SSSR count). The Morgan fingerprint density at radius 1 is 1.12 bits per heavy atom. The number of carbonyl (C=O) groups is 2. The van der Waals surface area contributed by atoms with Crippen molar-refractivity contribution in [2.24, 2.45) is 0 Å². The molecule has 0 saturated carbocycles. The van der Waals surface area contributed by atoms with Crippen LogP contribution in [0.2, 0.25) is 0 Å². The van der Waals surface area contributed by atoms with Crippen molar-refractivity contribution in [2.75, 3.05) is 0 Å². The molecule has 2 aromatic rings. The smallest absolute Gasteiger partial charge is 0.258 e. The van der Waals surface area contributed by atoms with Gasteiger partial charge in [-0.3, -0.25) is 9.59 Å². The fourth-order valence-corrected chi connectivity index (χ4v) is 3.07. The molecule has 0 bridgehead atoms. The minimum Gasteiger partial charge on any atom is -0.507 e. The summed E-state index contributed by atoms with van der Waals surface area (Å²) in [6.07, 6.45) is 0.381. The highest BCUT2D eigenvalue weighted by Gasteiger charge is 2.29. The van der Waals surface area contributed by atoms with Crippen molar-refractivity contribution in [1.29, 1.82) is 0 Å². The molecule has 0 atom stereocenters. The fraction of sp³-hybridized carbons (Fsp3) is 0.263. The predicted molar refractivity (Wildman–Crippen MR) is 89.3 cm³/mol. The van der Waals surface area contributed by atoms with Gasteiger partial charge in [0, 0.05) is 13.1 Å². The molecular weight excluding hydrogens is 306 g/mol. The summed E-state index contributed by atoms with van der Waals surface area (Å²) in [5, 5.41) is 20.4. The molecule has 0 aromatic heterocycles. The van der Waals surface area contributed by atoms with E-state index in [4.69, 9.17) is 0 Å². The first-order valence-corrected chi connectivity index (χ1v) is 7.84. The molecule has 0 saturated heterocycles. The molecule has 0 radical (unpaired) electrons. The molecule has 1 aliphatic heterocycles. The van der Waals surface area contributed by atoms with E-state index in [-0.39, 0.29) is 28.7 Å². The molecule has 5 heteroatoms. The second-order valence-corrected chi connectivity index (χ2v) is 6.33. The van der Waals surface area contributed by atoms with Gasteiger partial charge in [0.25, 0.3) is 5.91 Å². The monoisotopic (exact) mass is 325 g/mol. The van der Waals surface area contributed by atoms with Crippen LogP contribution in [0.1, 0.15) is 57.2 Å². The van der Waals surface area contributed by atoms with Crippen molar-refractivity contribution >= 4 is 12.2 Å². The van der Waals surface area contributed by atoms with Gasteiger partial charge in [0.05, 0.1) is 11.1 Å². The second kappa shape index (κ2) is 6.00. The second-order valence-electron chi connectivity index (χ2n) is 6.33. The maximum Gasteiger partial charge on any atom is 0.258 e. The minimum absolute atomic E-state index is 0.0476. The molecule has 124 valence electrons. The van der Waals surface area contributed by atoms with E-state index < -0.39 is 5.75 Å². The first kappa shape index (κ1) is 16.1. The van der Waals surface area contributed by atoms with Crippen LogP contribution in [0, 0.1) is 0 Å². The number of aromatic hydroxyl groups is 2. The Labute approximate surface area is 140 Å². The number of hydrogen-bond acceptors (Lipinski definition) is 4. The van der Waals surface area contributed by atoms with Gasteiger partial charge in [0.2, 0.25) is 0 Å². The largest absolute Gasteiger partial charge is 0.507 e. The summed E-state index contributed by atoms with van der Waals surface area (Å²) in [6, 6.07) is 9.26. The van der Waals surface area contributed by atoms with Gasteiger partial charge in [0.15, 0.2) is 6.29 Å². The van der Waals surface area contributed by atoms with Crippen LogP contribution in [0.15, 0.2) is 30.3 Å². The average molecular weight is 325 g/mol. The molecule has 0 fully saturated rings. The molecule has 0 spiro atoms. The summed E-state index contributed by atoms with van der Waals surface area (Å²) in [5.74, 6) is -1.17. The number of phenolic OH excluding ortho intramolecular Hbond substituents is 2. The topological polar surface area (TPSA) is 77.8 Å². The summed E-state index contributed by atoms with van der Waals surface area (Å²) in [7, 11) is 0. The third-order valence-electron chi connectivity index (χ3n) is 4.44. The molecule has 1 heterocycles. The molecule has 1 aliphatic rings. The quantitative estimate of drug-likeness (QED) is 0.850. The normalized spacial score (nSPS) is 13.2. The molecule has 24 heavy (non-hydrogen) atoms. The van der Waals surface area contributed by atoms with Crippen molar-refractivity contribution in [3.8, 4) is 11.5 Å². The van der Waals surface area contributed by atoms with Gasteiger partial charge < -0.3 is 15.1 Å². The third-order valence-corrected chi connectivity index (χ3v) is 4.44. The van der Waals surface area contributed by atoms with E-state index in [9.17, 15) is 19.8 Å². The lowest BCUT2D eigenvalue weighted by molar-refractivity contribution is 0.0748. The number of fused-ring (bicyclic) bond motifs is 1. The Balaban J connectivity index is 2.02. The Bertz CT molecular complexity index is 801. The van der Waals surface area contributed by atoms with Crippen LogP contribution in [0.25, 0.3) is 0 Å². The van der Waals surface area contributed by atoms with E-state index >= 15 is 0 Å². The van der Waals surface area contributed by atoms with Crippen LogP contribution < -0.4 is 0 Å². The average Bonchev–Trinajstić information content (AvgIpc) is 2.98. The van der Waals surface area contributed by atoms with E-state index in [2.05, 4.69) is 0 Å². The first-order valence-electron chi connectivity index (χ1n) is 7.84. The summed E-state index contributed by atoms with van der Waals surface area (Å²) >= 11 is 0. The standard InChI is InChI=1S/C19H19NO4/c1-11(2)14-7-15(18(23)16(10-21)17(14)22)19(24)20-8-12-5-3-4-6-13(12)9-20/h3-7,10-11,22-23H,8-9H2,1-2H3. The molecule has 0 unspecified atom stereocenters. The van der Waals surface area contributed by atoms with Crippen molar-refractivity contribution < 1.29 is 19.8 Å². The SMILES string of the molecule is CC(C)c1cc(C(=O)N2Cc3ccccc3C2)c(O)c(C=O)c1O. The summed E-state index contributed by atoms with van der Waals surface area (Å²) in [5.41, 5.74) is 2.43. The number of rotatable bonds is 3. The zero-order valence-corrected chi connectivity index (χ0v) is 13.6. The maximum absolute atomic E-state index is 12.9. The highest BCUT2D eigenvalue weighted by Crippen LogP contribution is 2.38. The lowest BCUT2D eigenvalue weighted by Crippen LogP contribution is -2.25. The number of benzene rings is 2. The number of carbonyl (C=O) groups excluding carboxylic acids is 2. The first-order chi connectivity index (χ1) is 11.4. The van der Waals surface area contributed by atoms with Crippen molar-refractivity contribution in [3.63, 3.8) is 0 Å². The summed E-state index contributed by atoms with van der Waals surface area (Å²) < 4.78 is 0. The van der Waals surface area contributed by atoms with Crippen LogP contribution in [0.3, 0.4) is 0 Å². The predicted octanol–water partition coefficient (Wildman–Crippen LogP) is 3.19. The maximum atomic E-state index is 12.9. The van der Waals surface area contributed by atoms with Crippen LogP contribution in [0.4, 0.5) is 0 Å². The van der Waals surface area contributed by atoms with Crippen LogP contribution >= 0.6 is 0 Å². The number of hydrogen-bond donors (Lipinski definition) is 2. The lowest BCUT2D eigenvalue weighted by atomic mass is 9.95. The Kier molecular flexibility index (Phi) is 4.01. The molecule has 0 aliphatic carbocycles. The third kappa shape index (κ3) is 2.52. The summed E-state index contributed by atoms with van der Waals surface area (Å²) in [4.78, 5) is 25.7. The molecule has 2 N–H and O–H groups in total. The van der Waals surface area contributed by atoms with Crippen LogP contribution in [0.5, 0.6) is 11.5 Å². The number of amides is 1. The highest BCUT2D eigenvalue weighted by molar-refractivity contribution is 6.01. The van der Waals surface area contributed by atoms with Crippen LogP contribution in [-0.2, 0) is 13.1 Å². The highest BCUT2D eigenvalue weighted by atomic mass is 16.3. The van der Waals surface area contributed by atoms with Crippen molar-refractivity contribution in [3.05, 3.63) is 58.1 Å². The van der Waals surface area contributed by atoms with Crippen molar-refractivity contribution in [1.82, 2.24) is 4.90 Å². The Morgan fingerprint density at radius 3 is 2.21 bits per heavy atom. The Morgan fingerprint density at radius 2 is 1.71 bits per heavy atom. The lowest BCUT2D eigenvalue weighted by Gasteiger charge is -2.19. The van der Waals surface area contributed by atoms with Gasteiger partial charge in [-0.2, -0.15) is 0 Å². The number of phenols is 2. The molecule has 5 nitrogen and oxygen atoms in total. The van der Waals surface area contributed by atoms with E-state index in [1.807, 2.05) is 38.1 Å². The van der Waals surface area contributed by atoms with Gasteiger partial charge in [-0.15, -0.1) is 0 Å². The fourth-order valence-electron chi connectivity index (χ4n) is 3.07. The van der Waals surface area contributed by atoms with Crippen LogP contribution in [-0.4, -0.2) is 27.3 Å². The van der Waals surface area contributed by atoms with Gasteiger partial charge >= 0.3 is 0 Å². The van der Waals surface area contributed by atoms with Gasteiger partial charge in [-0.05, 0) is 28.7 Å². The van der Waals surface area contributed by atoms with Gasteiger partial charge in [0.1, 0.15) is 11.5 Å². The van der Waals surface area contributed by atoms with E-state index in [0.717, 1.165) is 11.1 Å². The zero-order chi connectivity index (χ0) is 17.4. The molecular formula is C19H19NO4. The van der Waals surface area contributed by atoms with Gasteiger partial charge in [-0.1, -0.05) is 38.1 Å². The van der Waals surface area contributed by atoms with E-state index in [1.54, 1.807) is 4.90 Å².